The van der Waals surface area contributed by atoms with E-state index in [4.69, 9.17) is 5.73 Å². The summed E-state index contributed by atoms with van der Waals surface area (Å²) in [5.74, 6) is 0. The van der Waals surface area contributed by atoms with E-state index in [1.165, 1.54) is 0 Å². The van der Waals surface area contributed by atoms with Crippen molar-refractivity contribution in [3.8, 4) is 5.69 Å². The Morgan fingerprint density at radius 3 is 2.54 bits per heavy atom. The standard InChI is InChI=1S/C9H10N4/c1-7-3-2-4-8(10)9(7)13-5-11-12-6-13/h2-6H,10H2,1H3. The van der Waals surface area contributed by atoms with Gasteiger partial charge >= 0.3 is 0 Å². The van der Waals surface area contributed by atoms with Crippen LogP contribution in [0, 0.1) is 6.92 Å². The van der Waals surface area contributed by atoms with Gasteiger partial charge in [-0.3, -0.25) is 4.57 Å². The molecule has 0 aliphatic rings. The Hall–Kier alpha value is -1.84. The van der Waals surface area contributed by atoms with Crippen molar-refractivity contribution in [3.63, 3.8) is 0 Å². The van der Waals surface area contributed by atoms with Crippen LogP contribution >= 0.6 is 0 Å². The van der Waals surface area contributed by atoms with Gasteiger partial charge in [0.1, 0.15) is 12.7 Å². The summed E-state index contributed by atoms with van der Waals surface area (Å²) in [6, 6.07) is 5.80. The molecule has 0 atom stereocenters. The summed E-state index contributed by atoms with van der Waals surface area (Å²) in [5, 5.41) is 7.48. The fraction of sp³-hybridized carbons (Fsp3) is 0.111. The first-order chi connectivity index (χ1) is 6.29. The Kier molecular flexibility index (Phi) is 1.73. The van der Waals surface area contributed by atoms with E-state index in [2.05, 4.69) is 10.2 Å². The molecule has 2 N–H and O–H groups in total. The van der Waals surface area contributed by atoms with Gasteiger partial charge in [-0.05, 0) is 18.6 Å². The maximum atomic E-state index is 5.84. The van der Waals surface area contributed by atoms with E-state index < -0.39 is 0 Å². The van der Waals surface area contributed by atoms with Gasteiger partial charge in [-0.2, -0.15) is 0 Å². The molecule has 66 valence electrons. The Morgan fingerprint density at radius 2 is 1.92 bits per heavy atom. The van der Waals surface area contributed by atoms with Crippen LogP contribution in [0.1, 0.15) is 5.56 Å². The number of aromatic nitrogens is 3. The molecule has 0 radical (unpaired) electrons. The van der Waals surface area contributed by atoms with Crippen molar-refractivity contribution in [1.82, 2.24) is 14.8 Å². The summed E-state index contributed by atoms with van der Waals surface area (Å²) in [6.07, 6.45) is 3.28. The predicted molar refractivity (Wildman–Crippen MR) is 50.5 cm³/mol. The first-order valence-corrected chi connectivity index (χ1v) is 3.99. The van der Waals surface area contributed by atoms with Crippen molar-refractivity contribution in [3.05, 3.63) is 36.4 Å². The molecule has 0 aliphatic heterocycles. The van der Waals surface area contributed by atoms with E-state index in [9.17, 15) is 0 Å². The highest BCUT2D eigenvalue weighted by molar-refractivity contribution is 5.61. The maximum absolute atomic E-state index is 5.84. The Balaban J connectivity index is 2.64. The van der Waals surface area contributed by atoms with E-state index in [0.29, 0.717) is 0 Å². The largest absolute Gasteiger partial charge is 0.397 e. The quantitative estimate of drug-likeness (QED) is 0.660. The molecular formula is C9H10N4. The second kappa shape index (κ2) is 2.90. The fourth-order valence-corrected chi connectivity index (χ4v) is 1.35. The van der Waals surface area contributed by atoms with Crippen molar-refractivity contribution >= 4 is 5.69 Å². The molecule has 0 fully saturated rings. The first-order valence-electron chi connectivity index (χ1n) is 3.99. The molecule has 0 saturated heterocycles. The van der Waals surface area contributed by atoms with Crippen LogP contribution in [0.2, 0.25) is 0 Å². The van der Waals surface area contributed by atoms with Crippen LogP contribution in [0.4, 0.5) is 5.69 Å². The SMILES string of the molecule is Cc1cccc(N)c1-n1cnnc1. The minimum Gasteiger partial charge on any atom is -0.397 e. The molecule has 2 rings (SSSR count). The molecule has 0 amide bonds. The van der Waals surface area contributed by atoms with Gasteiger partial charge in [0.15, 0.2) is 0 Å². The average molecular weight is 174 g/mol. The van der Waals surface area contributed by atoms with Crippen molar-refractivity contribution in [2.24, 2.45) is 0 Å². The van der Waals surface area contributed by atoms with Crippen LogP contribution in [0.15, 0.2) is 30.9 Å². The van der Waals surface area contributed by atoms with Gasteiger partial charge in [-0.1, -0.05) is 12.1 Å². The molecule has 0 saturated carbocycles. The third-order valence-corrected chi connectivity index (χ3v) is 1.95. The zero-order chi connectivity index (χ0) is 9.26. The van der Waals surface area contributed by atoms with Crippen LogP contribution in [0.3, 0.4) is 0 Å². The number of nitrogens with two attached hydrogens (primary N) is 1. The monoisotopic (exact) mass is 174 g/mol. The number of aryl methyl sites for hydroxylation is 1. The Bertz CT molecular complexity index is 385. The van der Waals surface area contributed by atoms with Gasteiger partial charge < -0.3 is 5.73 Å². The predicted octanol–water partition coefficient (Wildman–Crippen LogP) is 1.16. The van der Waals surface area contributed by atoms with E-state index in [1.807, 2.05) is 29.7 Å². The summed E-state index contributed by atoms with van der Waals surface area (Å²) in [6.45, 7) is 2.01. The van der Waals surface area contributed by atoms with Crippen LogP contribution < -0.4 is 5.73 Å². The smallest absolute Gasteiger partial charge is 0.123 e. The number of nitrogens with zero attached hydrogens (tertiary/aromatic N) is 3. The topological polar surface area (TPSA) is 56.7 Å². The summed E-state index contributed by atoms with van der Waals surface area (Å²) < 4.78 is 1.81. The molecule has 1 heterocycles. The van der Waals surface area contributed by atoms with Crippen LogP contribution in [0.25, 0.3) is 5.69 Å². The minimum absolute atomic E-state index is 0.736. The number of hydrogen-bond acceptors (Lipinski definition) is 3. The van der Waals surface area contributed by atoms with Crippen molar-refractivity contribution in [2.75, 3.05) is 5.73 Å². The number of para-hydroxylation sites is 1. The lowest BCUT2D eigenvalue weighted by molar-refractivity contribution is 1.04. The molecule has 0 bridgehead atoms. The van der Waals surface area contributed by atoms with Crippen molar-refractivity contribution in [1.29, 1.82) is 0 Å². The number of rotatable bonds is 1. The van der Waals surface area contributed by atoms with Gasteiger partial charge in [-0.15, -0.1) is 10.2 Å². The Labute approximate surface area is 76.0 Å². The van der Waals surface area contributed by atoms with Crippen LogP contribution in [0.5, 0.6) is 0 Å². The van der Waals surface area contributed by atoms with Gasteiger partial charge in [-0.25, -0.2) is 0 Å². The number of benzene rings is 1. The fourth-order valence-electron chi connectivity index (χ4n) is 1.35. The lowest BCUT2D eigenvalue weighted by atomic mass is 10.1. The lowest BCUT2D eigenvalue weighted by Crippen LogP contribution is -1.99. The summed E-state index contributed by atoms with van der Waals surface area (Å²) >= 11 is 0. The zero-order valence-electron chi connectivity index (χ0n) is 7.31. The highest BCUT2D eigenvalue weighted by Gasteiger charge is 2.03. The molecule has 0 aliphatic carbocycles. The molecule has 0 unspecified atom stereocenters. The normalized spacial score (nSPS) is 10.2. The van der Waals surface area contributed by atoms with E-state index >= 15 is 0 Å². The number of anilines is 1. The minimum atomic E-state index is 0.736. The zero-order valence-corrected chi connectivity index (χ0v) is 7.31. The summed E-state index contributed by atoms with van der Waals surface area (Å²) in [5.41, 5.74) is 8.63. The second-order valence-electron chi connectivity index (χ2n) is 2.88. The van der Waals surface area contributed by atoms with Gasteiger partial charge in [0.2, 0.25) is 0 Å². The molecule has 2 aromatic rings. The summed E-state index contributed by atoms with van der Waals surface area (Å²) in [4.78, 5) is 0. The molecule has 0 spiro atoms. The third kappa shape index (κ3) is 1.26. The summed E-state index contributed by atoms with van der Waals surface area (Å²) in [7, 11) is 0. The lowest BCUT2D eigenvalue weighted by Gasteiger charge is -2.08. The van der Waals surface area contributed by atoms with Crippen LogP contribution in [-0.2, 0) is 0 Å². The van der Waals surface area contributed by atoms with E-state index in [-0.39, 0.29) is 0 Å². The van der Waals surface area contributed by atoms with Gasteiger partial charge in [0.05, 0.1) is 11.4 Å². The van der Waals surface area contributed by atoms with Gasteiger partial charge in [0.25, 0.3) is 0 Å². The molecule has 1 aromatic heterocycles. The average Bonchev–Trinajstić information content (AvgIpc) is 2.57. The number of hydrogen-bond donors (Lipinski definition) is 1. The second-order valence-corrected chi connectivity index (χ2v) is 2.88. The van der Waals surface area contributed by atoms with Gasteiger partial charge in [0, 0.05) is 0 Å². The van der Waals surface area contributed by atoms with E-state index in [1.54, 1.807) is 12.7 Å². The molecule has 13 heavy (non-hydrogen) atoms. The first kappa shape index (κ1) is 7.79. The third-order valence-electron chi connectivity index (χ3n) is 1.95. The molecule has 4 heteroatoms. The molecular weight excluding hydrogens is 164 g/mol. The number of nitrogen functional groups attached to an aromatic ring is 1. The van der Waals surface area contributed by atoms with E-state index in [0.717, 1.165) is 16.9 Å². The molecule has 1 aromatic carbocycles. The highest BCUT2D eigenvalue weighted by atomic mass is 15.2. The highest BCUT2D eigenvalue weighted by Crippen LogP contribution is 2.19. The van der Waals surface area contributed by atoms with Crippen molar-refractivity contribution in [2.45, 2.75) is 6.92 Å². The Morgan fingerprint density at radius 1 is 1.23 bits per heavy atom. The van der Waals surface area contributed by atoms with Crippen LogP contribution in [-0.4, -0.2) is 14.8 Å². The molecule has 4 nitrogen and oxygen atoms in total. The van der Waals surface area contributed by atoms with Crippen molar-refractivity contribution < 1.29 is 0 Å². The maximum Gasteiger partial charge on any atom is 0.123 e.